The van der Waals surface area contributed by atoms with Gasteiger partial charge in [0.15, 0.2) is 4.60 Å². The second-order valence-electron chi connectivity index (χ2n) is 2.94. The Morgan fingerprint density at radius 1 is 1.54 bits per heavy atom. The molecule has 0 spiro atoms. The van der Waals surface area contributed by atoms with E-state index >= 15 is 0 Å². The number of carbonyl (C=O) groups excluding carboxylic acids is 1. The molecule has 1 heterocycles. The van der Waals surface area contributed by atoms with Crippen LogP contribution in [0.25, 0.3) is 0 Å². The van der Waals surface area contributed by atoms with Gasteiger partial charge < -0.3 is 0 Å². The molecule has 0 aliphatic carbocycles. The van der Waals surface area contributed by atoms with Gasteiger partial charge in [-0.2, -0.15) is 0 Å². The van der Waals surface area contributed by atoms with Crippen molar-refractivity contribution in [3.05, 3.63) is 21.9 Å². The van der Waals surface area contributed by atoms with Gasteiger partial charge in [-0.05, 0) is 35.9 Å². The molecule has 0 N–H and O–H groups in total. The first-order chi connectivity index (χ1) is 6.02. The first-order valence-electron chi connectivity index (χ1n) is 3.76. The normalized spacial score (nSPS) is 9.85. The van der Waals surface area contributed by atoms with Gasteiger partial charge >= 0.3 is 0 Å². The quantitative estimate of drug-likeness (QED) is 0.587. The van der Waals surface area contributed by atoms with Gasteiger partial charge in [0.1, 0.15) is 5.69 Å². The Balaban J connectivity index is 3.08. The third-order valence-corrected chi connectivity index (χ3v) is 1.97. The second-order valence-corrected chi connectivity index (χ2v) is 3.69. The summed E-state index contributed by atoms with van der Waals surface area (Å²) in [6, 6.07) is 0. The Morgan fingerprint density at radius 3 is 2.54 bits per heavy atom. The maximum Gasteiger partial charge on any atom is 0.206 e. The van der Waals surface area contributed by atoms with Crippen LogP contribution < -0.4 is 0 Å². The van der Waals surface area contributed by atoms with Gasteiger partial charge in [-0.1, -0.05) is 10.8 Å². The number of allylic oxidation sites excluding steroid dienone is 2. The highest BCUT2D eigenvalue weighted by molar-refractivity contribution is 9.10. The summed E-state index contributed by atoms with van der Waals surface area (Å²) in [5.41, 5.74) is 1.43. The number of ketones is 1. The predicted molar refractivity (Wildman–Crippen MR) is 52.5 cm³/mol. The van der Waals surface area contributed by atoms with Crippen LogP contribution in [0.5, 0.6) is 0 Å². The molecule has 0 amide bonds. The van der Waals surface area contributed by atoms with E-state index in [0.717, 1.165) is 5.57 Å². The van der Waals surface area contributed by atoms with E-state index < -0.39 is 0 Å². The Bertz CT molecular complexity index is 344. The summed E-state index contributed by atoms with van der Waals surface area (Å²) in [5.74, 6) is -0.0839. The molecule has 0 aliphatic rings. The summed E-state index contributed by atoms with van der Waals surface area (Å²) in [6.45, 7) is 3.74. The number of nitrogens with zero attached hydrogens (tertiary/aromatic N) is 3. The van der Waals surface area contributed by atoms with Gasteiger partial charge in [0.05, 0.1) is 0 Å². The molecule has 5 heteroatoms. The number of hydrogen-bond donors (Lipinski definition) is 0. The van der Waals surface area contributed by atoms with Gasteiger partial charge in [0.25, 0.3) is 0 Å². The van der Waals surface area contributed by atoms with E-state index in [0.29, 0.717) is 10.3 Å². The zero-order valence-electron chi connectivity index (χ0n) is 7.71. The number of rotatable bonds is 2. The monoisotopic (exact) mass is 243 g/mol. The van der Waals surface area contributed by atoms with Crippen molar-refractivity contribution < 1.29 is 4.79 Å². The molecule has 0 saturated carbocycles. The highest BCUT2D eigenvalue weighted by Gasteiger charge is 2.13. The number of hydrogen-bond acceptors (Lipinski definition) is 3. The molecule has 1 rings (SSSR count). The van der Waals surface area contributed by atoms with Gasteiger partial charge in [-0.15, -0.1) is 5.10 Å². The molecule has 70 valence electrons. The molecule has 0 radical (unpaired) electrons. The van der Waals surface area contributed by atoms with Crippen LogP contribution in [0.2, 0.25) is 0 Å². The minimum atomic E-state index is -0.0839. The van der Waals surface area contributed by atoms with Crippen molar-refractivity contribution in [1.82, 2.24) is 15.0 Å². The molecule has 1 aromatic heterocycles. The van der Waals surface area contributed by atoms with E-state index in [2.05, 4.69) is 26.2 Å². The Morgan fingerprint density at radius 2 is 2.15 bits per heavy atom. The van der Waals surface area contributed by atoms with E-state index in [4.69, 9.17) is 0 Å². The fraction of sp³-hybridized carbons (Fsp3) is 0.375. The number of aryl methyl sites for hydroxylation is 1. The highest BCUT2D eigenvalue weighted by atomic mass is 79.9. The molecule has 0 fully saturated rings. The average Bonchev–Trinajstić information content (AvgIpc) is 2.29. The lowest BCUT2D eigenvalue weighted by Crippen LogP contribution is -2.05. The number of halogens is 1. The van der Waals surface area contributed by atoms with Crippen LogP contribution in [-0.4, -0.2) is 20.8 Å². The third kappa shape index (κ3) is 2.24. The first-order valence-corrected chi connectivity index (χ1v) is 4.56. The van der Waals surface area contributed by atoms with Crippen LogP contribution in [0.1, 0.15) is 24.3 Å². The largest absolute Gasteiger partial charge is 0.287 e. The van der Waals surface area contributed by atoms with E-state index in [1.165, 1.54) is 4.68 Å². The van der Waals surface area contributed by atoms with Crippen molar-refractivity contribution in [2.45, 2.75) is 13.8 Å². The molecule has 1 aromatic rings. The number of carbonyl (C=O) groups is 1. The van der Waals surface area contributed by atoms with Crippen molar-refractivity contribution in [1.29, 1.82) is 0 Å². The molecule has 0 saturated heterocycles. The lowest BCUT2D eigenvalue weighted by Gasteiger charge is -1.95. The molecule has 0 aliphatic heterocycles. The summed E-state index contributed by atoms with van der Waals surface area (Å²) in [5, 5.41) is 7.44. The lowest BCUT2D eigenvalue weighted by atomic mass is 10.2. The molecule has 4 nitrogen and oxygen atoms in total. The van der Waals surface area contributed by atoms with Crippen molar-refractivity contribution in [2.75, 3.05) is 0 Å². The van der Waals surface area contributed by atoms with Crippen molar-refractivity contribution in [3.63, 3.8) is 0 Å². The Hall–Kier alpha value is -0.970. The average molecular weight is 244 g/mol. The van der Waals surface area contributed by atoms with Crippen molar-refractivity contribution >= 4 is 21.7 Å². The SMILES string of the molecule is CC(C)=CC(=O)c1c(Br)nnn1C. The second kappa shape index (κ2) is 3.83. The molecular formula is C8H10BrN3O. The van der Waals surface area contributed by atoms with E-state index in [9.17, 15) is 4.79 Å². The lowest BCUT2D eigenvalue weighted by molar-refractivity contribution is 0.103. The van der Waals surface area contributed by atoms with Crippen LogP contribution in [-0.2, 0) is 7.05 Å². The molecule has 0 atom stereocenters. The standard InChI is InChI=1S/C8H10BrN3O/c1-5(2)4-6(13)7-8(9)10-11-12(7)3/h4H,1-3H3. The smallest absolute Gasteiger partial charge is 0.206 e. The highest BCUT2D eigenvalue weighted by Crippen LogP contribution is 2.13. The fourth-order valence-electron chi connectivity index (χ4n) is 0.924. The minimum absolute atomic E-state index is 0.0839. The predicted octanol–water partition coefficient (Wildman–Crippen LogP) is 1.73. The molecular weight excluding hydrogens is 234 g/mol. The molecule has 0 aromatic carbocycles. The van der Waals surface area contributed by atoms with Crippen LogP contribution >= 0.6 is 15.9 Å². The summed E-state index contributed by atoms with van der Waals surface area (Å²) in [6.07, 6.45) is 1.56. The van der Waals surface area contributed by atoms with Crippen LogP contribution in [0.4, 0.5) is 0 Å². The van der Waals surface area contributed by atoms with Crippen LogP contribution in [0.3, 0.4) is 0 Å². The zero-order valence-corrected chi connectivity index (χ0v) is 9.29. The van der Waals surface area contributed by atoms with Gasteiger partial charge in [-0.3, -0.25) is 4.79 Å². The fourth-order valence-corrected chi connectivity index (χ4v) is 1.45. The first kappa shape index (κ1) is 10.1. The van der Waals surface area contributed by atoms with E-state index in [1.807, 2.05) is 13.8 Å². The van der Waals surface area contributed by atoms with Gasteiger partial charge in [-0.25, -0.2) is 4.68 Å². The molecule has 0 bridgehead atoms. The van der Waals surface area contributed by atoms with Crippen LogP contribution in [0, 0.1) is 0 Å². The van der Waals surface area contributed by atoms with Crippen molar-refractivity contribution in [3.8, 4) is 0 Å². The summed E-state index contributed by atoms with van der Waals surface area (Å²) >= 11 is 3.16. The van der Waals surface area contributed by atoms with Crippen molar-refractivity contribution in [2.24, 2.45) is 7.05 Å². The van der Waals surface area contributed by atoms with Gasteiger partial charge in [0, 0.05) is 7.05 Å². The molecule has 0 unspecified atom stereocenters. The summed E-state index contributed by atoms with van der Waals surface area (Å²) < 4.78 is 1.93. The maximum atomic E-state index is 11.6. The minimum Gasteiger partial charge on any atom is -0.287 e. The topological polar surface area (TPSA) is 47.8 Å². The molecule has 13 heavy (non-hydrogen) atoms. The Labute approximate surface area is 84.8 Å². The van der Waals surface area contributed by atoms with Crippen LogP contribution in [0.15, 0.2) is 16.3 Å². The summed E-state index contributed by atoms with van der Waals surface area (Å²) in [7, 11) is 1.68. The van der Waals surface area contributed by atoms with Gasteiger partial charge in [0.2, 0.25) is 5.78 Å². The summed E-state index contributed by atoms with van der Waals surface area (Å²) in [4.78, 5) is 11.6. The maximum absolute atomic E-state index is 11.6. The zero-order chi connectivity index (χ0) is 10.0. The third-order valence-electron chi connectivity index (χ3n) is 1.44. The van der Waals surface area contributed by atoms with E-state index in [1.54, 1.807) is 13.1 Å². The number of aromatic nitrogens is 3. The van der Waals surface area contributed by atoms with E-state index in [-0.39, 0.29) is 5.78 Å². The Kier molecular flexibility index (Phi) is 2.98.